The second kappa shape index (κ2) is 15.8. The van der Waals surface area contributed by atoms with Crippen LogP contribution in [0.3, 0.4) is 0 Å². The van der Waals surface area contributed by atoms with Gasteiger partial charge in [-0.15, -0.1) is 0 Å². The number of benzene rings is 4. The quantitative estimate of drug-likeness (QED) is 0.103. The van der Waals surface area contributed by atoms with Crippen molar-refractivity contribution >= 4 is 33.2 Å². The Hall–Kier alpha value is -5.10. The molecule has 0 aliphatic carbocycles. The number of hydrogen-bond acceptors (Lipinski definition) is 6. The molecule has 0 aliphatic rings. The van der Waals surface area contributed by atoms with Crippen LogP contribution in [-0.4, -0.2) is 49.2 Å². The summed E-state index contributed by atoms with van der Waals surface area (Å²) in [5, 5.41) is 14.2. The van der Waals surface area contributed by atoms with Gasteiger partial charge in [-0.05, 0) is 42.3 Å². The maximum atomic E-state index is 15.0. The third-order valence-corrected chi connectivity index (χ3v) is 9.15. The molecule has 0 spiro atoms. The molecule has 0 saturated heterocycles. The first kappa shape index (κ1) is 33.8. The van der Waals surface area contributed by atoms with Gasteiger partial charge in [-0.3, -0.25) is 24.0 Å². The summed E-state index contributed by atoms with van der Waals surface area (Å²) in [5.74, 6) is -1.82. The number of nitro benzene ring substituents is 1. The number of rotatable bonds is 15. The second-order valence-corrected chi connectivity index (χ2v) is 12.4. The van der Waals surface area contributed by atoms with Crippen LogP contribution in [0.4, 0.5) is 15.8 Å². The molecule has 10 nitrogen and oxygen atoms in total. The minimum absolute atomic E-state index is 0.000603. The molecule has 240 valence electrons. The smallest absolute Gasteiger partial charge is 0.269 e. The van der Waals surface area contributed by atoms with Crippen LogP contribution in [0.15, 0.2) is 114 Å². The summed E-state index contributed by atoms with van der Waals surface area (Å²) in [6.07, 6.45) is 1.61. The molecule has 0 radical (unpaired) electrons. The molecule has 0 bridgehead atoms. The summed E-state index contributed by atoms with van der Waals surface area (Å²) in [7, 11) is -4.38. The van der Waals surface area contributed by atoms with Crippen molar-refractivity contribution < 1.29 is 27.3 Å². The summed E-state index contributed by atoms with van der Waals surface area (Å²) in [5.41, 5.74) is 0.623. The highest BCUT2D eigenvalue weighted by molar-refractivity contribution is 7.92. The predicted molar refractivity (Wildman–Crippen MR) is 173 cm³/mol. The molecule has 0 aromatic heterocycles. The minimum atomic E-state index is -4.38. The number of anilines is 1. The van der Waals surface area contributed by atoms with Crippen molar-refractivity contribution in [2.24, 2.45) is 0 Å². The Morgan fingerprint density at radius 2 is 1.50 bits per heavy atom. The molecule has 4 aromatic carbocycles. The molecule has 0 heterocycles. The Balaban J connectivity index is 1.80. The average molecular weight is 647 g/mol. The summed E-state index contributed by atoms with van der Waals surface area (Å²) < 4.78 is 43.8. The highest BCUT2D eigenvalue weighted by Crippen LogP contribution is 2.27. The molecule has 0 fully saturated rings. The predicted octanol–water partition coefficient (Wildman–Crippen LogP) is 5.49. The number of carbonyl (C=O) groups is 2. The molecule has 46 heavy (non-hydrogen) atoms. The van der Waals surface area contributed by atoms with Crippen molar-refractivity contribution in [1.82, 2.24) is 10.2 Å². The van der Waals surface area contributed by atoms with E-state index in [0.717, 1.165) is 28.4 Å². The maximum Gasteiger partial charge on any atom is 0.269 e. The summed E-state index contributed by atoms with van der Waals surface area (Å²) in [4.78, 5) is 39.9. The number of non-ortho nitro benzene ring substituents is 1. The van der Waals surface area contributed by atoms with E-state index in [1.165, 1.54) is 59.5 Å². The lowest BCUT2D eigenvalue weighted by Gasteiger charge is -2.34. The van der Waals surface area contributed by atoms with Crippen molar-refractivity contribution in [3.63, 3.8) is 0 Å². The van der Waals surface area contributed by atoms with E-state index in [9.17, 15) is 32.5 Å². The van der Waals surface area contributed by atoms with Gasteiger partial charge in [0.25, 0.3) is 15.7 Å². The van der Waals surface area contributed by atoms with Crippen molar-refractivity contribution in [2.45, 2.75) is 43.7 Å². The molecule has 1 N–H and O–H groups in total. The maximum absolute atomic E-state index is 15.0. The lowest BCUT2D eigenvalue weighted by Crippen LogP contribution is -2.53. The van der Waals surface area contributed by atoms with Crippen LogP contribution >= 0.6 is 0 Å². The number of nitro groups is 1. The zero-order valence-corrected chi connectivity index (χ0v) is 26.1. The number of nitrogens with zero attached hydrogens (tertiary/aromatic N) is 3. The van der Waals surface area contributed by atoms with Gasteiger partial charge in [0, 0.05) is 37.2 Å². The fourth-order valence-corrected chi connectivity index (χ4v) is 6.29. The highest BCUT2D eigenvalue weighted by Gasteiger charge is 2.35. The van der Waals surface area contributed by atoms with Gasteiger partial charge in [0.15, 0.2) is 0 Å². The summed E-state index contributed by atoms with van der Waals surface area (Å²) >= 11 is 0. The molecule has 0 saturated carbocycles. The molecule has 1 atom stereocenters. The van der Waals surface area contributed by atoms with Gasteiger partial charge in [0.2, 0.25) is 11.8 Å². The molecular weight excluding hydrogens is 611 g/mol. The first-order valence-electron chi connectivity index (χ1n) is 14.8. The summed E-state index contributed by atoms with van der Waals surface area (Å²) in [6.45, 7) is 1.25. The first-order valence-corrected chi connectivity index (χ1v) is 16.2. The number of halogens is 1. The van der Waals surface area contributed by atoms with E-state index in [4.69, 9.17) is 0 Å². The highest BCUT2D eigenvalue weighted by atomic mass is 32.2. The molecular formula is C34H35FN4O6S. The molecule has 2 amide bonds. The van der Waals surface area contributed by atoms with E-state index < -0.39 is 45.2 Å². The zero-order chi connectivity index (χ0) is 33.1. The van der Waals surface area contributed by atoms with Gasteiger partial charge in [0.1, 0.15) is 18.4 Å². The molecule has 4 rings (SSSR count). The third-order valence-electron chi connectivity index (χ3n) is 7.36. The van der Waals surface area contributed by atoms with Gasteiger partial charge in [-0.1, -0.05) is 80.1 Å². The average Bonchev–Trinajstić information content (AvgIpc) is 3.06. The van der Waals surface area contributed by atoms with Crippen LogP contribution in [0.2, 0.25) is 0 Å². The van der Waals surface area contributed by atoms with Crippen LogP contribution in [0.25, 0.3) is 0 Å². The number of carbonyl (C=O) groups excluding carboxylic acids is 2. The van der Waals surface area contributed by atoms with Crippen LogP contribution in [0.1, 0.15) is 30.9 Å². The van der Waals surface area contributed by atoms with E-state index in [1.54, 1.807) is 36.4 Å². The van der Waals surface area contributed by atoms with Gasteiger partial charge in [-0.25, -0.2) is 12.8 Å². The van der Waals surface area contributed by atoms with Crippen LogP contribution in [0.5, 0.6) is 0 Å². The first-order chi connectivity index (χ1) is 22.1. The van der Waals surface area contributed by atoms with Crippen LogP contribution < -0.4 is 9.62 Å². The number of hydrogen-bond donors (Lipinski definition) is 1. The van der Waals surface area contributed by atoms with Gasteiger partial charge < -0.3 is 10.2 Å². The van der Waals surface area contributed by atoms with Gasteiger partial charge in [-0.2, -0.15) is 0 Å². The summed E-state index contributed by atoms with van der Waals surface area (Å²) in [6, 6.07) is 26.0. The van der Waals surface area contributed by atoms with E-state index in [-0.39, 0.29) is 34.8 Å². The van der Waals surface area contributed by atoms with E-state index in [1.807, 2.05) is 13.0 Å². The van der Waals surface area contributed by atoms with Crippen LogP contribution in [0, 0.1) is 15.9 Å². The Kier molecular flexibility index (Phi) is 11.6. The Morgan fingerprint density at radius 1 is 0.891 bits per heavy atom. The number of nitrogens with one attached hydrogen (secondary N) is 1. The Bertz CT molecular complexity index is 1740. The lowest BCUT2D eigenvalue weighted by molar-refractivity contribution is -0.384. The number of sulfonamides is 1. The number of amides is 2. The molecule has 0 unspecified atom stereocenters. The van der Waals surface area contributed by atoms with Crippen molar-refractivity contribution in [1.29, 1.82) is 0 Å². The Morgan fingerprint density at radius 3 is 2.11 bits per heavy atom. The standard InChI is InChI=1S/C34H35FN4O6S/c1-2-3-22-36-34(41)32(23-26-12-6-4-7-13-26)37(24-27-14-10-11-17-31(27)35)33(40)25-38(28-18-20-29(21-19-28)39(42)43)46(44,45)30-15-8-5-9-16-30/h4-21,32H,2-3,22-25H2,1H3,(H,36,41)/t32-/m0/s1. The molecule has 0 aliphatic heterocycles. The van der Waals surface area contributed by atoms with Crippen molar-refractivity contribution in [2.75, 3.05) is 17.4 Å². The monoisotopic (exact) mass is 646 g/mol. The molecule has 4 aromatic rings. The van der Waals surface area contributed by atoms with Crippen LogP contribution in [-0.2, 0) is 32.6 Å². The SMILES string of the molecule is CCCCNC(=O)[C@H](Cc1ccccc1)N(Cc1ccccc1F)C(=O)CN(c1ccc([N+](=O)[O-])cc1)S(=O)(=O)c1ccccc1. The minimum Gasteiger partial charge on any atom is -0.354 e. The Labute approximate surface area is 267 Å². The zero-order valence-electron chi connectivity index (χ0n) is 25.3. The third kappa shape index (κ3) is 8.54. The molecule has 12 heteroatoms. The largest absolute Gasteiger partial charge is 0.354 e. The van der Waals surface area contributed by atoms with E-state index >= 15 is 0 Å². The lowest BCUT2D eigenvalue weighted by atomic mass is 10.0. The normalized spacial score (nSPS) is 11.8. The fraction of sp³-hybridized carbons (Fsp3) is 0.235. The van der Waals surface area contributed by atoms with E-state index in [2.05, 4.69) is 5.32 Å². The van der Waals surface area contributed by atoms with Gasteiger partial charge in [0.05, 0.1) is 15.5 Å². The van der Waals surface area contributed by atoms with Gasteiger partial charge >= 0.3 is 0 Å². The topological polar surface area (TPSA) is 130 Å². The van der Waals surface area contributed by atoms with Crippen molar-refractivity contribution in [3.05, 3.63) is 136 Å². The van der Waals surface area contributed by atoms with E-state index in [0.29, 0.717) is 13.0 Å². The fourth-order valence-electron chi connectivity index (χ4n) is 4.86. The second-order valence-electron chi connectivity index (χ2n) is 10.6. The number of unbranched alkanes of at least 4 members (excludes halogenated alkanes) is 1. The van der Waals surface area contributed by atoms with Crippen molar-refractivity contribution in [3.8, 4) is 0 Å².